The van der Waals surface area contributed by atoms with Crippen LogP contribution in [-0.2, 0) is 39.1 Å². The van der Waals surface area contributed by atoms with Crippen LogP contribution in [0.25, 0.3) is 0 Å². The van der Waals surface area contributed by atoms with Gasteiger partial charge in [0.15, 0.2) is 22.6 Å². The van der Waals surface area contributed by atoms with E-state index in [9.17, 15) is 28.2 Å². The van der Waals surface area contributed by atoms with E-state index in [0.29, 0.717) is 11.3 Å². The Morgan fingerprint density at radius 3 is 2.38 bits per heavy atom. The van der Waals surface area contributed by atoms with Crippen molar-refractivity contribution in [2.75, 3.05) is 13.7 Å². The Kier molecular flexibility index (Phi) is 12.9. The first-order valence-electron chi connectivity index (χ1n) is 17.4. The van der Waals surface area contributed by atoms with Crippen molar-refractivity contribution in [1.29, 1.82) is 0 Å². The van der Waals surface area contributed by atoms with Gasteiger partial charge in [0.2, 0.25) is 11.8 Å². The van der Waals surface area contributed by atoms with Crippen LogP contribution in [0.5, 0.6) is 5.75 Å². The molecule has 2 saturated carbocycles. The van der Waals surface area contributed by atoms with E-state index < -0.39 is 70.0 Å². The molecule has 0 bridgehead atoms. The van der Waals surface area contributed by atoms with Gasteiger partial charge in [-0.3, -0.25) is 19.2 Å². The van der Waals surface area contributed by atoms with Crippen molar-refractivity contribution in [1.82, 2.24) is 25.7 Å². The maximum atomic E-state index is 14.3. The van der Waals surface area contributed by atoms with E-state index in [4.69, 9.17) is 15.2 Å². The molecular weight excluding hydrogens is 691 g/mol. The Morgan fingerprint density at radius 2 is 1.83 bits per heavy atom. The van der Waals surface area contributed by atoms with Crippen LogP contribution >= 0.6 is 0 Å². The summed E-state index contributed by atoms with van der Waals surface area (Å²) in [5, 5.41) is 9.69. The number of hydrogen-bond donors (Lipinski definition) is 5. The van der Waals surface area contributed by atoms with Crippen LogP contribution in [0.3, 0.4) is 0 Å². The van der Waals surface area contributed by atoms with Gasteiger partial charge in [-0.25, -0.2) is 4.79 Å². The second kappa shape index (κ2) is 16.7. The van der Waals surface area contributed by atoms with Crippen molar-refractivity contribution in [3.8, 4) is 5.75 Å². The first-order valence-corrected chi connectivity index (χ1v) is 18.7. The zero-order valence-electron chi connectivity index (χ0n) is 30.7. The van der Waals surface area contributed by atoms with Crippen molar-refractivity contribution in [2.24, 2.45) is 16.8 Å². The van der Waals surface area contributed by atoms with Crippen LogP contribution in [0, 0.1) is 5.92 Å². The molecular formula is C36H52N7O8S+. The highest BCUT2D eigenvalue weighted by atomic mass is 32.2. The first-order chi connectivity index (χ1) is 24.5. The van der Waals surface area contributed by atoms with E-state index in [1.54, 1.807) is 72.1 Å². The highest BCUT2D eigenvalue weighted by Gasteiger charge is 2.62. The van der Waals surface area contributed by atoms with Gasteiger partial charge >= 0.3 is 6.09 Å². The molecule has 1 aliphatic heterocycles. The predicted molar refractivity (Wildman–Crippen MR) is 197 cm³/mol. The van der Waals surface area contributed by atoms with Gasteiger partial charge in [-0.15, -0.1) is 6.58 Å². The zero-order valence-corrected chi connectivity index (χ0v) is 31.6. The lowest BCUT2D eigenvalue weighted by molar-refractivity contribution is -0.141. The summed E-state index contributed by atoms with van der Waals surface area (Å²) in [6.07, 6.45) is 3.88. The normalized spacial score (nSPS) is 23.7. The Bertz CT molecular complexity index is 1630. The smallest absolute Gasteiger partial charge is 0.408 e. The number of allylic oxidation sites excluding steroid dienone is 2. The summed E-state index contributed by atoms with van der Waals surface area (Å²) >= 11 is 0. The fourth-order valence-corrected chi connectivity index (χ4v) is 7.13. The van der Waals surface area contributed by atoms with Crippen molar-refractivity contribution in [3.63, 3.8) is 0 Å². The summed E-state index contributed by atoms with van der Waals surface area (Å²) < 4.78 is 25.8. The number of thiol groups is 1. The van der Waals surface area contributed by atoms with Crippen LogP contribution in [-0.4, -0.2) is 88.5 Å². The zero-order chi connectivity index (χ0) is 38.4. The molecule has 4 rings (SSSR count). The third-order valence-corrected chi connectivity index (χ3v) is 10.5. The molecule has 1 heterocycles. The van der Waals surface area contributed by atoms with Crippen molar-refractivity contribution >= 4 is 46.4 Å². The number of nitrogens with one attached hydrogen (secondary N) is 4. The van der Waals surface area contributed by atoms with E-state index in [-0.39, 0.29) is 49.1 Å². The average molecular weight is 743 g/mol. The van der Waals surface area contributed by atoms with E-state index in [2.05, 4.69) is 32.5 Å². The number of ether oxygens (including phenoxy) is 2. The number of hydrogen-bond acceptors (Lipinski definition) is 10. The number of ketones is 1. The largest absolute Gasteiger partial charge is 0.497 e. The number of amides is 4. The number of carbonyl (C=O) groups excluding carboxylic acids is 5. The van der Waals surface area contributed by atoms with E-state index in [1.807, 2.05) is 0 Å². The fraction of sp³-hybridized carbons (Fsp3) is 0.556. The molecule has 284 valence electrons. The maximum absolute atomic E-state index is 14.3. The molecule has 0 aromatic heterocycles. The summed E-state index contributed by atoms with van der Waals surface area (Å²) in [5.74, 6) is -1.66. The molecule has 3 fully saturated rings. The van der Waals surface area contributed by atoms with Gasteiger partial charge in [-0.1, -0.05) is 15.9 Å². The molecule has 52 heavy (non-hydrogen) atoms. The molecule has 0 spiro atoms. The molecule has 6 N–H and O–H groups in total. The minimum atomic E-state index is -1.98. The standard InChI is InChI=1S/C36H51N7O8S/c1-8-23-19-36(23,33(47)42-52(49)27-14-15-27)39-31(45)29-18-24(40-41-30(37)22-9-12-26(50-7)13-10-22)20-43(29)32(46)28(16-11-25(44)17-21(2)3)38-34(48)51-35(4,5)6/h8-10,12-13,17,23-24,27-29,40H,1,11,14-16,18-20H2,2-7H3,(H2,37,41)(H,38,48)(H,39,45)(H,42,47,49)/p+1. The molecule has 6 atom stereocenters. The first kappa shape index (κ1) is 40.0. The van der Waals surface area contributed by atoms with Crippen LogP contribution in [0.4, 0.5) is 4.79 Å². The predicted octanol–water partition coefficient (Wildman–Crippen LogP) is 2.03. The summed E-state index contributed by atoms with van der Waals surface area (Å²) in [5.41, 5.74) is 8.37. The Balaban J connectivity index is 1.60. The Labute approximate surface area is 307 Å². The molecule has 4 amide bonds. The maximum Gasteiger partial charge on any atom is 0.408 e. The monoisotopic (exact) mass is 742 g/mol. The van der Waals surface area contributed by atoms with Gasteiger partial charge < -0.3 is 36.2 Å². The van der Waals surface area contributed by atoms with Crippen molar-refractivity contribution < 1.29 is 37.7 Å². The summed E-state index contributed by atoms with van der Waals surface area (Å²) in [4.78, 5) is 68.7. The molecule has 1 saturated heterocycles. The fourth-order valence-electron chi connectivity index (χ4n) is 5.93. The van der Waals surface area contributed by atoms with Crippen molar-refractivity contribution in [2.45, 2.75) is 108 Å². The Morgan fingerprint density at radius 1 is 1.15 bits per heavy atom. The van der Waals surface area contributed by atoms with Gasteiger partial charge in [0.1, 0.15) is 34.2 Å². The number of alkyl carbamates (subject to hydrolysis) is 1. The van der Waals surface area contributed by atoms with Gasteiger partial charge in [-0.2, -0.15) is 9.82 Å². The molecule has 1 aromatic rings. The molecule has 3 aliphatic rings. The number of nitrogens with two attached hydrogens (primary N) is 1. The van der Waals surface area contributed by atoms with Crippen LogP contribution in [0.1, 0.15) is 78.7 Å². The van der Waals surface area contributed by atoms with Gasteiger partial charge in [-0.05, 0) is 77.8 Å². The molecule has 0 radical (unpaired) electrons. The quantitative estimate of drug-likeness (QED) is 0.0317. The summed E-state index contributed by atoms with van der Waals surface area (Å²) in [6, 6.07) is 4.01. The highest BCUT2D eigenvalue weighted by Crippen LogP contribution is 2.45. The molecule has 2 aliphatic carbocycles. The number of methoxy groups -OCH3 is 1. The molecule has 6 unspecified atom stereocenters. The SMILES string of the molecule is C=CC1CC1(NC(=O)C1CC(NN=C(N)c2ccc(OC)cc2)CN1C(=O)C(CCC(=O)C=C(C)C)NC(=O)OC(C)(C)C)C(=O)N[SH+](=O)C1CC1. The van der Waals surface area contributed by atoms with Crippen molar-refractivity contribution in [3.05, 3.63) is 54.1 Å². The van der Waals surface area contributed by atoms with E-state index in [0.717, 1.165) is 18.4 Å². The van der Waals surface area contributed by atoms with E-state index in [1.165, 1.54) is 11.0 Å². The van der Waals surface area contributed by atoms with Gasteiger partial charge in [0.25, 0.3) is 5.91 Å². The average Bonchev–Trinajstić information content (AvgIpc) is 4.00. The number of nitrogens with zero attached hydrogens (tertiary/aromatic N) is 2. The second-order valence-corrected chi connectivity index (χ2v) is 16.3. The molecule has 16 heteroatoms. The molecule has 1 aromatic carbocycles. The van der Waals surface area contributed by atoms with Crippen LogP contribution < -0.4 is 31.3 Å². The Hall–Kier alpha value is -4.73. The third-order valence-electron chi connectivity index (χ3n) is 8.90. The lowest BCUT2D eigenvalue weighted by atomic mass is 10.0. The number of likely N-dealkylation sites (tertiary alicyclic amines) is 1. The minimum Gasteiger partial charge on any atom is -0.497 e. The lowest BCUT2D eigenvalue weighted by Crippen LogP contribution is -2.58. The molecule has 15 nitrogen and oxygen atoms in total. The van der Waals surface area contributed by atoms with Gasteiger partial charge in [0.05, 0.1) is 13.2 Å². The number of rotatable bonds is 16. The topological polar surface area (TPSA) is 211 Å². The lowest BCUT2D eigenvalue weighted by Gasteiger charge is -2.30. The third kappa shape index (κ3) is 10.7. The summed E-state index contributed by atoms with van der Waals surface area (Å²) in [7, 11) is -0.433. The van der Waals surface area contributed by atoms with E-state index >= 15 is 0 Å². The second-order valence-electron chi connectivity index (χ2n) is 14.7. The van der Waals surface area contributed by atoms with Crippen LogP contribution in [0.2, 0.25) is 0 Å². The van der Waals surface area contributed by atoms with Gasteiger partial charge in [0, 0.05) is 43.7 Å². The van der Waals surface area contributed by atoms with Crippen LogP contribution in [0.15, 0.2) is 53.7 Å². The number of amidine groups is 1. The number of carbonyl (C=O) groups is 5. The number of hydrazone groups is 1. The summed E-state index contributed by atoms with van der Waals surface area (Å²) in [6.45, 7) is 12.4. The minimum absolute atomic E-state index is 0.0254. The number of benzene rings is 1. The highest BCUT2D eigenvalue weighted by molar-refractivity contribution is 7.84.